The molecule has 0 aliphatic heterocycles. The molecule has 0 spiro atoms. The third-order valence-corrected chi connectivity index (χ3v) is 3.72. The van der Waals surface area contributed by atoms with E-state index in [1.165, 1.54) is 11.3 Å². The molecule has 7 heteroatoms. The molecule has 0 amide bonds. The Morgan fingerprint density at radius 1 is 1.62 bits per heavy atom. The van der Waals surface area contributed by atoms with Gasteiger partial charge in [0, 0.05) is 9.85 Å². The lowest BCUT2D eigenvalue weighted by atomic mass is 10.2. The van der Waals surface area contributed by atoms with E-state index < -0.39 is 12.1 Å². The molecule has 0 unspecified atom stereocenters. The number of hydrogen-bond acceptors (Lipinski definition) is 6. The van der Waals surface area contributed by atoms with Gasteiger partial charge in [0.15, 0.2) is 0 Å². The number of hydrogen-bond donors (Lipinski definition) is 2. The van der Waals surface area contributed by atoms with Crippen molar-refractivity contribution in [3.8, 4) is 10.7 Å². The first kappa shape index (κ1) is 11.7. The van der Waals surface area contributed by atoms with Crippen molar-refractivity contribution in [3.05, 3.63) is 21.8 Å². The van der Waals surface area contributed by atoms with Crippen LogP contribution in [0.1, 0.15) is 18.9 Å². The van der Waals surface area contributed by atoms with Crippen molar-refractivity contribution in [1.82, 2.24) is 10.1 Å². The van der Waals surface area contributed by atoms with Crippen molar-refractivity contribution >= 4 is 27.3 Å². The van der Waals surface area contributed by atoms with Crippen molar-refractivity contribution < 1.29 is 9.63 Å². The van der Waals surface area contributed by atoms with Gasteiger partial charge in [0.05, 0.1) is 11.0 Å². The second-order valence-corrected chi connectivity index (χ2v) is 5.18. The van der Waals surface area contributed by atoms with Gasteiger partial charge in [0.1, 0.15) is 6.04 Å². The zero-order valence-electron chi connectivity index (χ0n) is 8.42. The van der Waals surface area contributed by atoms with Crippen LogP contribution in [-0.2, 0) is 0 Å². The minimum Gasteiger partial charge on any atom is -0.391 e. The first-order valence-electron chi connectivity index (χ1n) is 4.59. The first-order valence-corrected chi connectivity index (χ1v) is 6.27. The first-order chi connectivity index (χ1) is 7.58. The van der Waals surface area contributed by atoms with Gasteiger partial charge in [-0.1, -0.05) is 5.16 Å². The van der Waals surface area contributed by atoms with Gasteiger partial charge in [0.2, 0.25) is 11.7 Å². The zero-order valence-corrected chi connectivity index (χ0v) is 10.8. The molecule has 0 bridgehead atoms. The lowest BCUT2D eigenvalue weighted by Gasteiger charge is -2.08. The molecule has 2 heterocycles. The molecule has 0 radical (unpaired) electrons. The number of aliphatic hydroxyl groups is 1. The number of nitrogens with two attached hydrogens (primary N) is 1. The van der Waals surface area contributed by atoms with Gasteiger partial charge in [-0.25, -0.2) is 0 Å². The Morgan fingerprint density at radius 2 is 2.38 bits per heavy atom. The third kappa shape index (κ3) is 2.32. The monoisotopic (exact) mass is 303 g/mol. The van der Waals surface area contributed by atoms with E-state index in [2.05, 4.69) is 26.1 Å². The topological polar surface area (TPSA) is 85.2 Å². The fourth-order valence-electron chi connectivity index (χ4n) is 1.11. The Hall–Kier alpha value is -0.760. The molecule has 3 N–H and O–H groups in total. The molecule has 0 fully saturated rings. The Kier molecular flexibility index (Phi) is 3.38. The van der Waals surface area contributed by atoms with Crippen LogP contribution in [0.5, 0.6) is 0 Å². The summed E-state index contributed by atoms with van der Waals surface area (Å²) in [5.74, 6) is 0.733. The lowest BCUT2D eigenvalue weighted by molar-refractivity contribution is 0.146. The Bertz CT molecular complexity index is 483. The molecule has 2 aromatic rings. The highest BCUT2D eigenvalue weighted by molar-refractivity contribution is 9.10. The van der Waals surface area contributed by atoms with E-state index in [1.807, 2.05) is 11.4 Å². The van der Waals surface area contributed by atoms with Crippen LogP contribution < -0.4 is 5.73 Å². The van der Waals surface area contributed by atoms with Crippen LogP contribution >= 0.6 is 27.3 Å². The summed E-state index contributed by atoms with van der Waals surface area (Å²) in [7, 11) is 0. The molecule has 86 valence electrons. The van der Waals surface area contributed by atoms with Crippen LogP contribution in [0.2, 0.25) is 0 Å². The summed E-state index contributed by atoms with van der Waals surface area (Å²) in [4.78, 5) is 5.03. The number of nitrogens with zero attached hydrogens (tertiary/aromatic N) is 2. The molecule has 0 aliphatic carbocycles. The van der Waals surface area contributed by atoms with Crippen LogP contribution in [0.4, 0.5) is 0 Å². The molecule has 2 atom stereocenters. The van der Waals surface area contributed by atoms with Crippen LogP contribution in [0, 0.1) is 0 Å². The van der Waals surface area contributed by atoms with Crippen molar-refractivity contribution in [2.45, 2.75) is 19.1 Å². The zero-order chi connectivity index (χ0) is 11.7. The number of aromatic nitrogens is 2. The Labute approximate surface area is 104 Å². The molecule has 5 nitrogen and oxygen atoms in total. The fraction of sp³-hybridized carbons (Fsp3) is 0.333. The average molecular weight is 304 g/mol. The maximum Gasteiger partial charge on any atom is 0.246 e. The highest BCUT2D eigenvalue weighted by atomic mass is 79.9. The molecule has 0 aromatic carbocycles. The molecule has 0 aliphatic rings. The minimum absolute atomic E-state index is 0.245. The van der Waals surface area contributed by atoms with Crippen LogP contribution in [0.25, 0.3) is 10.7 Å². The summed E-state index contributed by atoms with van der Waals surface area (Å²) in [6.45, 7) is 1.58. The third-order valence-electron chi connectivity index (χ3n) is 2.03. The van der Waals surface area contributed by atoms with Crippen molar-refractivity contribution in [3.63, 3.8) is 0 Å². The summed E-state index contributed by atoms with van der Waals surface area (Å²) in [6, 6.07) is 1.25. The van der Waals surface area contributed by atoms with E-state index in [0.717, 1.165) is 9.35 Å². The summed E-state index contributed by atoms with van der Waals surface area (Å²) < 4.78 is 5.97. The van der Waals surface area contributed by atoms with Gasteiger partial charge in [-0.15, -0.1) is 11.3 Å². The predicted octanol–water partition coefficient (Wildman–Crippen LogP) is 1.94. The van der Waals surface area contributed by atoms with E-state index in [9.17, 15) is 5.11 Å². The van der Waals surface area contributed by atoms with Gasteiger partial charge >= 0.3 is 0 Å². The normalized spacial score (nSPS) is 15.0. The SMILES string of the molecule is C[C@@H](O)[C@H](N)c1nc(-c2cc(Br)cs2)no1. The lowest BCUT2D eigenvalue weighted by Crippen LogP contribution is -2.23. The average Bonchev–Trinajstić information content (AvgIpc) is 2.84. The van der Waals surface area contributed by atoms with E-state index in [-0.39, 0.29) is 5.89 Å². The molecule has 0 saturated carbocycles. The fourth-order valence-corrected chi connectivity index (χ4v) is 2.46. The van der Waals surface area contributed by atoms with Crippen molar-refractivity contribution in [2.24, 2.45) is 5.73 Å². The van der Waals surface area contributed by atoms with Gasteiger partial charge in [-0.05, 0) is 28.9 Å². The number of aliphatic hydroxyl groups excluding tert-OH is 1. The summed E-state index contributed by atoms with van der Waals surface area (Å²) in [6.07, 6.45) is -0.719. The van der Waals surface area contributed by atoms with Crippen LogP contribution in [0.3, 0.4) is 0 Å². The van der Waals surface area contributed by atoms with E-state index >= 15 is 0 Å². The second kappa shape index (κ2) is 4.62. The van der Waals surface area contributed by atoms with Crippen molar-refractivity contribution in [2.75, 3.05) is 0 Å². The smallest absolute Gasteiger partial charge is 0.246 e. The number of rotatable bonds is 3. The van der Waals surface area contributed by atoms with Gasteiger partial charge in [0.25, 0.3) is 0 Å². The van der Waals surface area contributed by atoms with Crippen LogP contribution in [-0.4, -0.2) is 21.4 Å². The minimum atomic E-state index is -0.719. The molecule has 16 heavy (non-hydrogen) atoms. The van der Waals surface area contributed by atoms with Crippen LogP contribution in [0.15, 0.2) is 20.4 Å². The standard InChI is InChI=1S/C9H10BrN3O2S/c1-4(14)7(11)9-12-8(13-15-9)6-2-5(10)3-16-6/h2-4,7,14H,11H2,1H3/t4-,7+/m1/s1. The summed E-state index contributed by atoms with van der Waals surface area (Å²) in [5.41, 5.74) is 5.68. The quantitative estimate of drug-likeness (QED) is 0.905. The second-order valence-electron chi connectivity index (χ2n) is 3.35. The van der Waals surface area contributed by atoms with E-state index in [1.54, 1.807) is 6.92 Å². The van der Waals surface area contributed by atoms with E-state index in [4.69, 9.17) is 10.3 Å². The van der Waals surface area contributed by atoms with Gasteiger partial charge in [-0.2, -0.15) is 4.98 Å². The van der Waals surface area contributed by atoms with Gasteiger partial charge in [-0.3, -0.25) is 0 Å². The van der Waals surface area contributed by atoms with Crippen molar-refractivity contribution in [1.29, 1.82) is 0 Å². The summed E-state index contributed by atoms with van der Waals surface area (Å²) >= 11 is 4.85. The highest BCUT2D eigenvalue weighted by Gasteiger charge is 2.20. The molecular formula is C9H10BrN3O2S. The highest BCUT2D eigenvalue weighted by Crippen LogP contribution is 2.28. The maximum atomic E-state index is 9.30. The number of halogens is 1. The predicted molar refractivity (Wildman–Crippen MR) is 63.9 cm³/mol. The molecule has 2 rings (SSSR count). The summed E-state index contributed by atoms with van der Waals surface area (Å²) in [5, 5.41) is 15.0. The molecule has 0 saturated heterocycles. The molecule has 2 aromatic heterocycles. The Morgan fingerprint density at radius 3 is 2.94 bits per heavy atom. The largest absolute Gasteiger partial charge is 0.391 e. The Balaban J connectivity index is 2.26. The van der Waals surface area contributed by atoms with Gasteiger partial charge < -0.3 is 15.4 Å². The van der Waals surface area contributed by atoms with E-state index in [0.29, 0.717) is 5.82 Å². The maximum absolute atomic E-state index is 9.30. The number of thiophene rings is 1. The molecular weight excluding hydrogens is 294 g/mol.